The predicted molar refractivity (Wildman–Crippen MR) is 114 cm³/mol. The summed E-state index contributed by atoms with van der Waals surface area (Å²) in [5.74, 6) is 1.58. The zero-order valence-corrected chi connectivity index (χ0v) is 17.8. The highest BCUT2D eigenvalue weighted by atomic mass is 35.5. The first-order valence-corrected chi connectivity index (χ1v) is 9.96. The summed E-state index contributed by atoms with van der Waals surface area (Å²) in [5, 5.41) is 4.55. The number of methoxy groups -OCH3 is 1. The number of furan rings is 1. The second kappa shape index (κ2) is 7.36. The minimum absolute atomic E-state index is 0.197. The lowest BCUT2D eigenvalue weighted by atomic mass is 10.2. The lowest BCUT2D eigenvalue weighted by Gasteiger charge is -2.18. The van der Waals surface area contributed by atoms with Gasteiger partial charge in [-0.25, -0.2) is 4.98 Å². The molecule has 0 amide bonds. The second-order valence-electron chi connectivity index (χ2n) is 7.26. The molecular weight excluding hydrogens is 422 g/mol. The molecule has 0 aliphatic rings. The van der Waals surface area contributed by atoms with Crippen LogP contribution >= 0.6 is 11.6 Å². The summed E-state index contributed by atoms with van der Waals surface area (Å²) in [5.41, 5.74) is 1.84. The second-order valence-corrected chi connectivity index (χ2v) is 7.69. The molecular formula is C21H18ClN5O4. The molecule has 4 aromatic heterocycles. The minimum atomic E-state index is -0.257. The van der Waals surface area contributed by atoms with E-state index in [0.717, 1.165) is 11.3 Å². The van der Waals surface area contributed by atoms with E-state index in [9.17, 15) is 4.79 Å². The molecule has 0 N–H and O–H groups in total. The van der Waals surface area contributed by atoms with Crippen LogP contribution in [0.2, 0.25) is 5.02 Å². The molecule has 1 aromatic carbocycles. The molecule has 0 saturated heterocycles. The van der Waals surface area contributed by atoms with E-state index < -0.39 is 0 Å². The average Bonchev–Trinajstić information content (AvgIpc) is 3.47. The molecule has 158 valence electrons. The van der Waals surface area contributed by atoms with Gasteiger partial charge in [-0.1, -0.05) is 16.8 Å². The van der Waals surface area contributed by atoms with Gasteiger partial charge < -0.3 is 13.7 Å². The van der Waals surface area contributed by atoms with Gasteiger partial charge in [0.25, 0.3) is 11.4 Å². The van der Waals surface area contributed by atoms with E-state index in [4.69, 9.17) is 25.3 Å². The summed E-state index contributed by atoms with van der Waals surface area (Å²) in [6.45, 7) is 4.08. The van der Waals surface area contributed by atoms with E-state index in [1.54, 1.807) is 46.7 Å². The van der Waals surface area contributed by atoms with Gasteiger partial charge in [0.1, 0.15) is 23.3 Å². The third-order valence-electron chi connectivity index (χ3n) is 5.08. The number of hydrogen-bond donors (Lipinski definition) is 0. The number of fused-ring (bicyclic) bond motifs is 3. The Hall–Kier alpha value is -3.43. The summed E-state index contributed by atoms with van der Waals surface area (Å²) in [6, 6.07) is 8.68. The zero-order chi connectivity index (χ0) is 21.7. The summed E-state index contributed by atoms with van der Waals surface area (Å²) >= 11 is 6.23. The minimum Gasteiger partial charge on any atom is -0.456 e. The molecule has 0 spiro atoms. The van der Waals surface area contributed by atoms with Crippen molar-refractivity contribution < 1.29 is 13.7 Å². The van der Waals surface area contributed by atoms with Gasteiger partial charge in [-0.2, -0.15) is 4.98 Å². The molecule has 31 heavy (non-hydrogen) atoms. The lowest BCUT2D eigenvalue weighted by molar-refractivity contribution is 0.162. The number of halogens is 1. The number of aromatic nitrogens is 5. The fourth-order valence-electron chi connectivity index (χ4n) is 3.74. The van der Waals surface area contributed by atoms with Gasteiger partial charge in [0.15, 0.2) is 5.76 Å². The molecule has 9 nitrogen and oxygen atoms in total. The topological polar surface area (TPSA) is 101 Å². The molecule has 5 rings (SSSR count). The van der Waals surface area contributed by atoms with Gasteiger partial charge in [-0.3, -0.25) is 13.8 Å². The monoisotopic (exact) mass is 439 g/mol. The predicted octanol–water partition coefficient (Wildman–Crippen LogP) is 4.13. The highest BCUT2D eigenvalue weighted by Gasteiger charge is 2.23. The first-order chi connectivity index (χ1) is 15.0. The van der Waals surface area contributed by atoms with E-state index in [0.29, 0.717) is 34.1 Å². The SMILES string of the molecule is COCC(C)n1c(=O)c2c(-c3noc(-c4ccc(C)o4)n3)ncn2c2ccc(Cl)cc21. The van der Waals surface area contributed by atoms with Crippen LogP contribution in [-0.4, -0.2) is 37.8 Å². The van der Waals surface area contributed by atoms with Crippen LogP contribution in [0.5, 0.6) is 0 Å². The number of benzene rings is 1. The van der Waals surface area contributed by atoms with Crippen LogP contribution in [-0.2, 0) is 4.74 Å². The Morgan fingerprint density at radius 2 is 2.06 bits per heavy atom. The van der Waals surface area contributed by atoms with Crippen molar-refractivity contribution in [1.29, 1.82) is 0 Å². The summed E-state index contributed by atoms with van der Waals surface area (Å²) in [4.78, 5) is 22.4. The Kier molecular flexibility index (Phi) is 4.64. The van der Waals surface area contributed by atoms with Crippen LogP contribution in [0.1, 0.15) is 18.7 Å². The van der Waals surface area contributed by atoms with Gasteiger partial charge in [-0.15, -0.1) is 0 Å². The maximum atomic E-state index is 13.6. The Bertz CT molecular complexity index is 1480. The van der Waals surface area contributed by atoms with E-state index in [2.05, 4.69) is 15.1 Å². The van der Waals surface area contributed by atoms with Gasteiger partial charge in [0.05, 0.1) is 23.7 Å². The average molecular weight is 440 g/mol. The van der Waals surface area contributed by atoms with Gasteiger partial charge in [-0.05, 0) is 44.2 Å². The van der Waals surface area contributed by atoms with Gasteiger partial charge in [0.2, 0.25) is 5.82 Å². The third kappa shape index (κ3) is 3.13. The van der Waals surface area contributed by atoms with E-state index in [1.807, 2.05) is 19.9 Å². The lowest BCUT2D eigenvalue weighted by Crippen LogP contribution is -2.28. The molecule has 0 radical (unpaired) electrons. The highest BCUT2D eigenvalue weighted by molar-refractivity contribution is 6.31. The smallest absolute Gasteiger partial charge is 0.293 e. The van der Waals surface area contributed by atoms with Crippen LogP contribution < -0.4 is 5.56 Å². The normalized spacial score (nSPS) is 12.8. The van der Waals surface area contributed by atoms with Crippen LogP contribution in [0, 0.1) is 6.92 Å². The molecule has 1 unspecified atom stereocenters. The number of nitrogens with zero attached hydrogens (tertiary/aromatic N) is 5. The molecule has 10 heteroatoms. The molecule has 0 aliphatic carbocycles. The zero-order valence-electron chi connectivity index (χ0n) is 17.0. The molecule has 4 heterocycles. The van der Waals surface area contributed by atoms with Crippen molar-refractivity contribution in [2.24, 2.45) is 0 Å². The summed E-state index contributed by atoms with van der Waals surface area (Å²) in [6.07, 6.45) is 1.57. The molecule has 1 atom stereocenters. The first-order valence-electron chi connectivity index (χ1n) is 9.58. The maximum Gasteiger partial charge on any atom is 0.293 e. The van der Waals surface area contributed by atoms with E-state index >= 15 is 0 Å². The number of hydrogen-bond acceptors (Lipinski definition) is 7. The van der Waals surface area contributed by atoms with Crippen molar-refractivity contribution in [3.05, 3.63) is 57.8 Å². The van der Waals surface area contributed by atoms with Crippen LogP contribution in [0.25, 0.3) is 39.7 Å². The molecule has 0 aliphatic heterocycles. The highest BCUT2D eigenvalue weighted by Crippen LogP contribution is 2.28. The van der Waals surface area contributed by atoms with Crippen molar-refractivity contribution in [3.63, 3.8) is 0 Å². The standard InChI is InChI=1S/C21H18ClN5O4/c1-11(9-29-3)27-15-8-13(22)5-6-14(15)26-10-23-17(18(26)21(27)28)19-24-20(31-25-19)16-7-4-12(2)30-16/h4-8,10-11H,9H2,1-3H3. The third-order valence-corrected chi connectivity index (χ3v) is 5.32. The number of imidazole rings is 1. The maximum absolute atomic E-state index is 13.6. The largest absolute Gasteiger partial charge is 0.456 e. The van der Waals surface area contributed by atoms with Crippen LogP contribution in [0.15, 0.2) is 50.4 Å². The van der Waals surface area contributed by atoms with Gasteiger partial charge >= 0.3 is 0 Å². The van der Waals surface area contributed by atoms with Crippen molar-refractivity contribution in [2.75, 3.05) is 13.7 Å². The Morgan fingerprint density at radius 1 is 1.23 bits per heavy atom. The Labute approximate surface area is 180 Å². The van der Waals surface area contributed by atoms with Crippen molar-refractivity contribution >= 4 is 28.2 Å². The van der Waals surface area contributed by atoms with Crippen molar-refractivity contribution in [2.45, 2.75) is 19.9 Å². The number of rotatable bonds is 5. The summed E-state index contributed by atoms with van der Waals surface area (Å²) < 4.78 is 19.5. The quantitative estimate of drug-likeness (QED) is 0.405. The Morgan fingerprint density at radius 3 is 2.81 bits per heavy atom. The van der Waals surface area contributed by atoms with E-state index in [-0.39, 0.29) is 23.3 Å². The first kappa shape index (κ1) is 19.5. The molecule has 0 bridgehead atoms. The van der Waals surface area contributed by atoms with Crippen molar-refractivity contribution in [3.8, 4) is 23.2 Å². The van der Waals surface area contributed by atoms with Crippen LogP contribution in [0.4, 0.5) is 0 Å². The number of aryl methyl sites for hydroxylation is 1. The molecule has 5 aromatic rings. The molecule has 0 fully saturated rings. The fraction of sp³-hybridized carbons (Fsp3) is 0.238. The van der Waals surface area contributed by atoms with Crippen LogP contribution in [0.3, 0.4) is 0 Å². The van der Waals surface area contributed by atoms with Crippen molar-refractivity contribution in [1.82, 2.24) is 24.1 Å². The Balaban J connectivity index is 1.77. The fourth-order valence-corrected chi connectivity index (χ4v) is 3.90. The van der Waals surface area contributed by atoms with E-state index in [1.165, 1.54) is 0 Å². The van der Waals surface area contributed by atoms with Gasteiger partial charge in [0, 0.05) is 12.1 Å². The summed E-state index contributed by atoms with van der Waals surface area (Å²) in [7, 11) is 1.59. The number of ether oxygens (including phenoxy) is 1. The molecule has 0 saturated carbocycles.